The summed E-state index contributed by atoms with van der Waals surface area (Å²) in [7, 11) is 0. The molecule has 11 aromatic rings. The van der Waals surface area contributed by atoms with E-state index in [4.69, 9.17) is 0 Å². The van der Waals surface area contributed by atoms with Crippen molar-refractivity contribution in [2.75, 3.05) is 4.90 Å². The molecule has 282 valence electrons. The molecule has 1 aromatic heterocycles. The lowest BCUT2D eigenvalue weighted by molar-refractivity contribution is 1.18. The van der Waals surface area contributed by atoms with Crippen molar-refractivity contribution in [1.82, 2.24) is 4.57 Å². The lowest BCUT2D eigenvalue weighted by atomic mass is 9.95. The summed E-state index contributed by atoms with van der Waals surface area (Å²) in [5.41, 5.74) is 16.3. The van der Waals surface area contributed by atoms with Gasteiger partial charge in [0.25, 0.3) is 0 Å². The van der Waals surface area contributed by atoms with E-state index in [1.807, 2.05) is 0 Å². The predicted molar refractivity (Wildman–Crippen MR) is 255 cm³/mol. The Balaban J connectivity index is 1.06. The molecular weight excluding hydrogens is 725 g/mol. The van der Waals surface area contributed by atoms with Crippen LogP contribution in [0, 0.1) is 0 Å². The predicted octanol–water partition coefficient (Wildman–Crippen LogP) is 16.1. The molecule has 0 aliphatic rings. The number of anilines is 3. The number of hydrogen-bond acceptors (Lipinski definition) is 1. The topological polar surface area (TPSA) is 8.17 Å². The van der Waals surface area contributed by atoms with Crippen molar-refractivity contribution < 1.29 is 0 Å². The van der Waals surface area contributed by atoms with E-state index in [9.17, 15) is 0 Å². The Bertz CT molecular complexity index is 3290. The normalized spacial score (nSPS) is 11.3. The average molecular weight is 765 g/mol. The molecule has 0 bridgehead atoms. The molecule has 0 saturated heterocycles. The molecule has 1 heterocycles. The number of benzene rings is 10. The minimum Gasteiger partial charge on any atom is -0.309 e. The number of rotatable bonds is 8. The van der Waals surface area contributed by atoms with Crippen LogP contribution in [0.5, 0.6) is 0 Å². The minimum absolute atomic E-state index is 1.08. The highest BCUT2D eigenvalue weighted by Gasteiger charge is 2.23. The zero-order chi connectivity index (χ0) is 39.8. The molecular formula is C58H40N2. The molecule has 11 rings (SSSR count). The number of para-hydroxylation sites is 4. The van der Waals surface area contributed by atoms with Crippen molar-refractivity contribution in [3.63, 3.8) is 0 Å². The van der Waals surface area contributed by atoms with E-state index in [-0.39, 0.29) is 0 Å². The molecule has 0 amide bonds. The number of fused-ring (bicyclic) bond motifs is 4. The van der Waals surface area contributed by atoms with Crippen LogP contribution in [0.15, 0.2) is 243 Å². The van der Waals surface area contributed by atoms with E-state index in [0.29, 0.717) is 0 Å². The van der Waals surface area contributed by atoms with Crippen molar-refractivity contribution in [3.8, 4) is 50.2 Å². The third-order valence-corrected chi connectivity index (χ3v) is 11.8. The largest absolute Gasteiger partial charge is 0.309 e. The van der Waals surface area contributed by atoms with Gasteiger partial charge in [0.2, 0.25) is 0 Å². The monoisotopic (exact) mass is 764 g/mol. The van der Waals surface area contributed by atoms with Crippen LogP contribution in [-0.4, -0.2) is 4.57 Å². The van der Waals surface area contributed by atoms with Gasteiger partial charge in [-0.2, -0.15) is 0 Å². The Morgan fingerprint density at radius 2 is 0.817 bits per heavy atom. The third-order valence-electron chi connectivity index (χ3n) is 11.8. The number of aromatic nitrogens is 1. The standard InChI is InChI=1S/C58H40N2/c1-3-17-45(18-4-1)50-22-9-12-26-54(50)59(49-38-36-43(37-39-49)42-30-32-44(33-31-42)47-35-34-41-16-7-8-19-46(41)40-47)55-27-13-10-23-51(55)52-25-15-29-57-58(52)53-24-11-14-28-56(53)60(57)48-20-5-2-6-21-48/h1-40H. The van der Waals surface area contributed by atoms with Gasteiger partial charge in [-0.15, -0.1) is 0 Å². The summed E-state index contributed by atoms with van der Waals surface area (Å²) in [6.45, 7) is 0. The van der Waals surface area contributed by atoms with E-state index < -0.39 is 0 Å². The number of hydrogen-bond donors (Lipinski definition) is 0. The summed E-state index contributed by atoms with van der Waals surface area (Å²) in [5, 5.41) is 4.98. The second-order valence-corrected chi connectivity index (χ2v) is 15.3. The fourth-order valence-electron chi connectivity index (χ4n) is 8.96. The second-order valence-electron chi connectivity index (χ2n) is 15.3. The van der Waals surface area contributed by atoms with Crippen molar-refractivity contribution in [2.45, 2.75) is 0 Å². The summed E-state index contributed by atoms with van der Waals surface area (Å²) in [6.07, 6.45) is 0. The highest BCUT2D eigenvalue weighted by atomic mass is 15.1. The van der Waals surface area contributed by atoms with Gasteiger partial charge in [-0.05, 0) is 98.8 Å². The molecule has 60 heavy (non-hydrogen) atoms. The Kier molecular flexibility index (Phi) is 8.87. The molecule has 0 radical (unpaired) electrons. The second kappa shape index (κ2) is 15.1. The molecule has 10 aromatic carbocycles. The fourth-order valence-corrected chi connectivity index (χ4v) is 8.96. The van der Waals surface area contributed by atoms with Crippen LogP contribution in [0.1, 0.15) is 0 Å². The lowest BCUT2D eigenvalue weighted by Gasteiger charge is -2.30. The van der Waals surface area contributed by atoms with Crippen LogP contribution in [0.4, 0.5) is 17.1 Å². The van der Waals surface area contributed by atoms with Gasteiger partial charge < -0.3 is 9.47 Å². The lowest BCUT2D eigenvalue weighted by Crippen LogP contribution is -2.12. The summed E-state index contributed by atoms with van der Waals surface area (Å²) in [5.74, 6) is 0. The van der Waals surface area contributed by atoms with Crippen LogP contribution in [0.3, 0.4) is 0 Å². The van der Waals surface area contributed by atoms with Crippen LogP contribution in [0.2, 0.25) is 0 Å². The van der Waals surface area contributed by atoms with Crippen molar-refractivity contribution >= 4 is 49.6 Å². The first kappa shape index (κ1) is 35.2. The molecule has 0 unspecified atom stereocenters. The van der Waals surface area contributed by atoms with E-state index >= 15 is 0 Å². The van der Waals surface area contributed by atoms with Gasteiger partial charge in [0.05, 0.1) is 22.4 Å². The maximum absolute atomic E-state index is 2.44. The molecule has 0 saturated carbocycles. The van der Waals surface area contributed by atoms with Crippen molar-refractivity contribution in [2.24, 2.45) is 0 Å². The van der Waals surface area contributed by atoms with Crippen LogP contribution < -0.4 is 4.90 Å². The average Bonchev–Trinajstić information content (AvgIpc) is 3.67. The van der Waals surface area contributed by atoms with Gasteiger partial charge in [0.15, 0.2) is 0 Å². The van der Waals surface area contributed by atoms with Crippen molar-refractivity contribution in [1.29, 1.82) is 0 Å². The van der Waals surface area contributed by atoms with Crippen LogP contribution >= 0.6 is 0 Å². The Hall–Kier alpha value is -7.94. The van der Waals surface area contributed by atoms with E-state index in [0.717, 1.165) is 28.3 Å². The summed E-state index contributed by atoms with van der Waals surface area (Å²) in [6, 6.07) is 87.9. The van der Waals surface area contributed by atoms with E-state index in [2.05, 4.69) is 252 Å². The Morgan fingerprint density at radius 1 is 0.300 bits per heavy atom. The molecule has 0 aliphatic heterocycles. The molecule has 0 fully saturated rings. The highest BCUT2D eigenvalue weighted by molar-refractivity contribution is 6.17. The zero-order valence-corrected chi connectivity index (χ0v) is 33.0. The van der Waals surface area contributed by atoms with Gasteiger partial charge in [0, 0.05) is 33.3 Å². The smallest absolute Gasteiger partial charge is 0.0547 e. The maximum Gasteiger partial charge on any atom is 0.0547 e. The summed E-state index contributed by atoms with van der Waals surface area (Å²) < 4.78 is 2.40. The Labute approximate surface area is 350 Å². The van der Waals surface area contributed by atoms with Gasteiger partial charge in [-0.1, -0.05) is 188 Å². The first-order valence-electron chi connectivity index (χ1n) is 20.6. The van der Waals surface area contributed by atoms with Gasteiger partial charge in [-0.3, -0.25) is 0 Å². The van der Waals surface area contributed by atoms with Gasteiger partial charge >= 0.3 is 0 Å². The minimum atomic E-state index is 1.08. The van der Waals surface area contributed by atoms with Gasteiger partial charge in [-0.25, -0.2) is 0 Å². The maximum atomic E-state index is 2.44. The third kappa shape index (κ3) is 6.23. The first-order chi connectivity index (χ1) is 29.8. The zero-order valence-electron chi connectivity index (χ0n) is 33.0. The quantitative estimate of drug-likeness (QED) is 0.150. The van der Waals surface area contributed by atoms with Crippen molar-refractivity contribution in [3.05, 3.63) is 243 Å². The van der Waals surface area contributed by atoms with Gasteiger partial charge in [0.1, 0.15) is 0 Å². The van der Waals surface area contributed by atoms with Crippen LogP contribution in [-0.2, 0) is 0 Å². The highest BCUT2D eigenvalue weighted by Crippen LogP contribution is 2.47. The van der Waals surface area contributed by atoms with E-state index in [1.165, 1.54) is 71.5 Å². The van der Waals surface area contributed by atoms with Crippen LogP contribution in [0.25, 0.3) is 82.8 Å². The molecule has 0 spiro atoms. The number of nitrogens with zero attached hydrogens (tertiary/aromatic N) is 2. The molecule has 2 nitrogen and oxygen atoms in total. The Morgan fingerprint density at radius 3 is 1.57 bits per heavy atom. The SMILES string of the molecule is c1ccc(-c2ccccc2N(c2ccc(-c3ccc(-c4ccc5ccccc5c4)cc3)cc2)c2ccccc2-c2cccc3c2c2ccccc2n3-c2ccccc2)cc1. The fraction of sp³-hybridized carbons (Fsp3) is 0. The molecule has 0 aliphatic carbocycles. The van der Waals surface area contributed by atoms with E-state index in [1.54, 1.807) is 0 Å². The molecule has 2 heteroatoms. The summed E-state index contributed by atoms with van der Waals surface area (Å²) >= 11 is 0. The summed E-state index contributed by atoms with van der Waals surface area (Å²) in [4.78, 5) is 2.44. The first-order valence-corrected chi connectivity index (χ1v) is 20.6. The molecule has 0 N–H and O–H groups in total. The molecule has 0 atom stereocenters.